The molecule has 1 N–H and O–H groups in total. The first-order valence-corrected chi connectivity index (χ1v) is 8.72. The van der Waals surface area contributed by atoms with Crippen LogP contribution in [0.3, 0.4) is 0 Å². The van der Waals surface area contributed by atoms with Crippen molar-refractivity contribution >= 4 is 34.9 Å². The van der Waals surface area contributed by atoms with Gasteiger partial charge in [-0.15, -0.1) is 0 Å². The largest absolute Gasteiger partial charge is 0.481 e. The van der Waals surface area contributed by atoms with Crippen molar-refractivity contribution in [1.82, 2.24) is 4.98 Å². The highest BCUT2D eigenvalue weighted by atomic mass is 35.5. The zero-order chi connectivity index (χ0) is 17.1. The molecular formula is C18H18Cl2N2O2. The molecule has 1 aromatic heterocycles. The van der Waals surface area contributed by atoms with Crippen LogP contribution in [0, 0.1) is 0 Å². The summed E-state index contributed by atoms with van der Waals surface area (Å²) in [6.45, 7) is 1.90. The number of nitrogens with one attached hydrogen (secondary N) is 1. The third-order valence-corrected chi connectivity index (χ3v) is 4.56. The molecule has 0 saturated heterocycles. The Labute approximate surface area is 151 Å². The van der Waals surface area contributed by atoms with Gasteiger partial charge in [0.15, 0.2) is 11.9 Å². The van der Waals surface area contributed by atoms with Crippen molar-refractivity contribution < 1.29 is 9.53 Å². The number of nitrogens with zero attached hydrogens (tertiary/aromatic N) is 1. The van der Waals surface area contributed by atoms with Crippen molar-refractivity contribution in [2.24, 2.45) is 0 Å². The lowest BCUT2D eigenvalue weighted by Gasteiger charge is -2.18. The van der Waals surface area contributed by atoms with Crippen molar-refractivity contribution in [2.75, 3.05) is 5.32 Å². The lowest BCUT2D eigenvalue weighted by atomic mass is 10.1. The average molecular weight is 365 g/mol. The van der Waals surface area contributed by atoms with E-state index in [9.17, 15) is 4.79 Å². The highest BCUT2D eigenvalue weighted by molar-refractivity contribution is 6.36. The molecule has 0 radical (unpaired) electrons. The van der Waals surface area contributed by atoms with E-state index in [1.165, 1.54) is 29.8 Å². The fourth-order valence-corrected chi connectivity index (χ4v) is 3.24. The monoisotopic (exact) mass is 364 g/mol. The van der Waals surface area contributed by atoms with E-state index in [2.05, 4.69) is 16.4 Å². The summed E-state index contributed by atoms with van der Waals surface area (Å²) in [6, 6.07) is 7.58. The number of pyridine rings is 1. The number of rotatable bonds is 5. The molecular weight excluding hydrogens is 347 g/mol. The standard InChI is InChI=1S/C18H18Cl2N2O2/c1-2-16(18(23)22-17-15(20)9-13(19)10-21-17)24-14-7-6-11-4-3-5-12(11)8-14/h6-10,16H,2-5H2,1H3,(H,21,22,23). The number of carbonyl (C=O) groups is 1. The molecule has 1 amide bonds. The van der Waals surface area contributed by atoms with Crippen LogP contribution in [0.15, 0.2) is 30.5 Å². The summed E-state index contributed by atoms with van der Waals surface area (Å²) in [7, 11) is 0. The van der Waals surface area contributed by atoms with Crippen LogP contribution in [0.1, 0.15) is 30.9 Å². The third-order valence-electron chi connectivity index (χ3n) is 4.06. The number of fused-ring (bicyclic) bond motifs is 1. The van der Waals surface area contributed by atoms with Gasteiger partial charge in [-0.25, -0.2) is 4.98 Å². The molecule has 0 aliphatic heterocycles. The minimum absolute atomic E-state index is 0.280. The number of aromatic nitrogens is 1. The van der Waals surface area contributed by atoms with Gasteiger partial charge in [-0.05, 0) is 55.0 Å². The van der Waals surface area contributed by atoms with Gasteiger partial charge in [0, 0.05) is 6.20 Å². The summed E-state index contributed by atoms with van der Waals surface area (Å²) in [6.07, 6.45) is 4.72. The van der Waals surface area contributed by atoms with Gasteiger partial charge in [0.2, 0.25) is 0 Å². The molecule has 0 bridgehead atoms. The number of anilines is 1. The fraction of sp³-hybridized carbons (Fsp3) is 0.333. The molecule has 3 rings (SSSR count). The zero-order valence-corrected chi connectivity index (χ0v) is 14.8. The Morgan fingerprint density at radius 2 is 2.08 bits per heavy atom. The van der Waals surface area contributed by atoms with E-state index in [0.29, 0.717) is 22.2 Å². The fourth-order valence-electron chi connectivity index (χ4n) is 2.81. The first-order chi connectivity index (χ1) is 11.6. The van der Waals surface area contributed by atoms with Gasteiger partial charge >= 0.3 is 0 Å². The van der Waals surface area contributed by atoms with E-state index < -0.39 is 6.10 Å². The highest BCUT2D eigenvalue weighted by Gasteiger charge is 2.21. The molecule has 6 heteroatoms. The minimum atomic E-state index is -0.613. The maximum atomic E-state index is 12.5. The Kier molecular flexibility index (Phi) is 5.27. The number of amides is 1. The van der Waals surface area contributed by atoms with E-state index in [1.54, 1.807) is 0 Å². The van der Waals surface area contributed by atoms with Crippen molar-refractivity contribution in [1.29, 1.82) is 0 Å². The lowest BCUT2D eigenvalue weighted by Crippen LogP contribution is -2.32. The normalized spacial score (nSPS) is 14.1. The van der Waals surface area contributed by atoms with Crippen LogP contribution in [-0.4, -0.2) is 17.0 Å². The number of hydrogen-bond donors (Lipinski definition) is 1. The molecule has 2 aromatic rings. The SMILES string of the molecule is CCC(Oc1ccc2c(c1)CCC2)C(=O)Nc1ncc(Cl)cc1Cl. The molecule has 1 aromatic carbocycles. The van der Waals surface area contributed by atoms with E-state index in [0.717, 1.165) is 12.8 Å². The quantitative estimate of drug-likeness (QED) is 0.838. The number of hydrogen-bond acceptors (Lipinski definition) is 3. The van der Waals surface area contributed by atoms with Crippen LogP contribution in [-0.2, 0) is 17.6 Å². The maximum absolute atomic E-state index is 12.5. The summed E-state index contributed by atoms with van der Waals surface area (Å²) >= 11 is 11.9. The molecule has 1 atom stereocenters. The van der Waals surface area contributed by atoms with Crippen LogP contribution in [0.5, 0.6) is 5.75 Å². The Morgan fingerprint density at radius 3 is 2.83 bits per heavy atom. The number of ether oxygens (including phenoxy) is 1. The van der Waals surface area contributed by atoms with Crippen LogP contribution in [0.2, 0.25) is 10.0 Å². The van der Waals surface area contributed by atoms with Crippen LogP contribution < -0.4 is 10.1 Å². The summed E-state index contributed by atoms with van der Waals surface area (Å²) in [4.78, 5) is 16.5. The van der Waals surface area contributed by atoms with E-state index in [-0.39, 0.29) is 11.7 Å². The second-order valence-electron chi connectivity index (χ2n) is 5.77. The van der Waals surface area contributed by atoms with E-state index >= 15 is 0 Å². The van der Waals surface area contributed by atoms with Gasteiger partial charge in [-0.3, -0.25) is 4.79 Å². The Balaban J connectivity index is 1.70. The van der Waals surface area contributed by atoms with Gasteiger partial charge < -0.3 is 10.1 Å². The predicted octanol–water partition coefficient (Wildman–Crippen LogP) is 4.67. The van der Waals surface area contributed by atoms with Gasteiger partial charge in [0.25, 0.3) is 5.91 Å². The van der Waals surface area contributed by atoms with Crippen molar-refractivity contribution in [3.63, 3.8) is 0 Å². The summed E-state index contributed by atoms with van der Waals surface area (Å²) in [5.41, 5.74) is 2.68. The molecule has 0 spiro atoms. The highest BCUT2D eigenvalue weighted by Crippen LogP contribution is 2.27. The minimum Gasteiger partial charge on any atom is -0.481 e. The predicted molar refractivity (Wildman–Crippen MR) is 96.1 cm³/mol. The van der Waals surface area contributed by atoms with Crippen molar-refractivity contribution in [3.8, 4) is 5.75 Å². The van der Waals surface area contributed by atoms with Crippen LogP contribution in [0.25, 0.3) is 0 Å². The molecule has 24 heavy (non-hydrogen) atoms. The van der Waals surface area contributed by atoms with Gasteiger partial charge in [-0.2, -0.15) is 0 Å². The van der Waals surface area contributed by atoms with E-state index in [1.807, 2.05) is 19.1 Å². The van der Waals surface area contributed by atoms with Crippen molar-refractivity contribution in [2.45, 2.75) is 38.7 Å². The topological polar surface area (TPSA) is 51.2 Å². The average Bonchev–Trinajstić information content (AvgIpc) is 3.02. The number of carbonyl (C=O) groups excluding carboxylic acids is 1. The molecule has 4 nitrogen and oxygen atoms in total. The van der Waals surface area contributed by atoms with Crippen LogP contribution in [0.4, 0.5) is 5.82 Å². The Bertz CT molecular complexity index is 765. The number of aryl methyl sites for hydroxylation is 2. The second kappa shape index (κ2) is 7.41. The first kappa shape index (κ1) is 17.1. The first-order valence-electron chi connectivity index (χ1n) is 7.97. The molecule has 126 valence electrons. The number of benzene rings is 1. The lowest BCUT2D eigenvalue weighted by molar-refractivity contribution is -0.122. The molecule has 1 aliphatic carbocycles. The molecule has 1 heterocycles. The zero-order valence-electron chi connectivity index (χ0n) is 13.3. The number of halogens is 2. The maximum Gasteiger partial charge on any atom is 0.266 e. The Hall–Kier alpha value is -1.78. The molecule has 0 fully saturated rings. The summed E-state index contributed by atoms with van der Waals surface area (Å²) in [5, 5.41) is 3.41. The molecule has 0 saturated carbocycles. The molecule has 1 unspecified atom stereocenters. The van der Waals surface area contributed by atoms with Crippen molar-refractivity contribution in [3.05, 3.63) is 51.6 Å². The van der Waals surface area contributed by atoms with Gasteiger partial charge in [-0.1, -0.05) is 36.2 Å². The van der Waals surface area contributed by atoms with Crippen LogP contribution >= 0.6 is 23.2 Å². The summed E-state index contributed by atoms with van der Waals surface area (Å²) < 4.78 is 5.88. The third kappa shape index (κ3) is 3.82. The van der Waals surface area contributed by atoms with E-state index in [4.69, 9.17) is 27.9 Å². The van der Waals surface area contributed by atoms with Gasteiger partial charge in [0.1, 0.15) is 5.75 Å². The molecule has 1 aliphatic rings. The van der Waals surface area contributed by atoms with Gasteiger partial charge in [0.05, 0.1) is 10.0 Å². The summed E-state index contributed by atoms with van der Waals surface area (Å²) in [5.74, 6) is 0.713. The second-order valence-corrected chi connectivity index (χ2v) is 6.62. The Morgan fingerprint density at radius 1 is 1.29 bits per heavy atom. The smallest absolute Gasteiger partial charge is 0.266 e.